The predicted octanol–water partition coefficient (Wildman–Crippen LogP) is 1.77. The topological polar surface area (TPSA) is 118 Å². The summed E-state index contributed by atoms with van der Waals surface area (Å²) in [5, 5.41) is 7.34. The van der Waals surface area contributed by atoms with E-state index in [4.69, 9.17) is 21.1 Å². The van der Waals surface area contributed by atoms with Crippen molar-refractivity contribution in [1.29, 1.82) is 0 Å². The second-order valence-electron chi connectivity index (χ2n) is 7.46. The van der Waals surface area contributed by atoms with E-state index in [0.29, 0.717) is 49.0 Å². The van der Waals surface area contributed by atoms with E-state index in [1.54, 1.807) is 23.1 Å². The number of amides is 1. The van der Waals surface area contributed by atoms with Gasteiger partial charge in [-0.05, 0) is 25.1 Å². The van der Waals surface area contributed by atoms with Crippen molar-refractivity contribution in [1.82, 2.24) is 20.3 Å². The first-order valence-corrected chi connectivity index (χ1v) is 10.5. The van der Waals surface area contributed by atoms with Crippen molar-refractivity contribution in [2.24, 2.45) is 5.10 Å². The summed E-state index contributed by atoms with van der Waals surface area (Å²) >= 11 is 6.33. The van der Waals surface area contributed by atoms with Crippen molar-refractivity contribution in [3.63, 3.8) is 0 Å². The van der Waals surface area contributed by atoms with Crippen molar-refractivity contribution >= 4 is 41.1 Å². The second-order valence-corrected chi connectivity index (χ2v) is 7.86. The third kappa shape index (κ3) is 4.11. The maximum Gasteiger partial charge on any atom is 0.254 e. The molecule has 0 spiro atoms. The second kappa shape index (κ2) is 9.09. The number of halogens is 1. The van der Waals surface area contributed by atoms with Gasteiger partial charge in [0.15, 0.2) is 0 Å². The molecule has 0 radical (unpaired) electrons. The number of ether oxygens (including phenoxy) is 2. The number of hydrogen-bond donors (Lipinski definition) is 2. The lowest BCUT2D eigenvalue weighted by molar-refractivity contribution is -0.119. The van der Waals surface area contributed by atoms with Gasteiger partial charge in [0.1, 0.15) is 16.9 Å². The molecule has 0 bridgehead atoms. The van der Waals surface area contributed by atoms with Crippen LogP contribution in [0.2, 0.25) is 5.02 Å². The zero-order valence-corrected chi connectivity index (χ0v) is 18.5. The molecule has 0 aliphatic carbocycles. The number of nitrogens with zero attached hydrogens (tertiary/aromatic N) is 4. The molecule has 1 unspecified atom stereocenters. The van der Waals surface area contributed by atoms with Crippen LogP contribution in [0.3, 0.4) is 0 Å². The number of benzene rings is 1. The van der Waals surface area contributed by atoms with E-state index in [1.165, 1.54) is 26.4 Å². The van der Waals surface area contributed by atoms with Crippen LogP contribution in [0.15, 0.2) is 29.5 Å². The van der Waals surface area contributed by atoms with E-state index in [9.17, 15) is 9.59 Å². The van der Waals surface area contributed by atoms with E-state index in [2.05, 4.69) is 25.8 Å². The number of hydrogen-bond acceptors (Lipinski definition) is 9. The van der Waals surface area contributed by atoms with Crippen LogP contribution >= 0.6 is 11.6 Å². The summed E-state index contributed by atoms with van der Waals surface area (Å²) in [6.07, 6.45) is 2.95. The zero-order valence-electron chi connectivity index (χ0n) is 17.7. The highest BCUT2D eigenvalue weighted by atomic mass is 35.5. The average molecular weight is 459 g/mol. The minimum atomic E-state index is -1.06. The van der Waals surface area contributed by atoms with Crippen molar-refractivity contribution in [3.8, 4) is 5.75 Å². The molecule has 2 aliphatic heterocycles. The van der Waals surface area contributed by atoms with Gasteiger partial charge in [0, 0.05) is 24.9 Å². The highest BCUT2D eigenvalue weighted by Crippen LogP contribution is 2.33. The molecule has 168 valence electrons. The third-order valence-electron chi connectivity index (χ3n) is 5.52. The van der Waals surface area contributed by atoms with Gasteiger partial charge in [0.2, 0.25) is 5.95 Å². The van der Waals surface area contributed by atoms with Gasteiger partial charge >= 0.3 is 0 Å². The number of aromatic nitrogens is 2. The minimum absolute atomic E-state index is 0.0837. The largest absolute Gasteiger partial charge is 0.495 e. The number of nitrogens with one attached hydrogen (secondary N) is 2. The van der Waals surface area contributed by atoms with Crippen LogP contribution in [-0.4, -0.2) is 72.7 Å². The molecule has 4 rings (SSSR count). The molecule has 2 aliphatic rings. The Kier molecular flexibility index (Phi) is 6.24. The molecular weight excluding hydrogens is 436 g/mol. The summed E-state index contributed by atoms with van der Waals surface area (Å²) in [6.45, 7) is 3.90. The smallest absolute Gasteiger partial charge is 0.254 e. The van der Waals surface area contributed by atoms with Gasteiger partial charge in [-0.3, -0.25) is 9.59 Å². The lowest BCUT2D eigenvalue weighted by Crippen LogP contribution is -2.40. The number of methoxy groups -OCH3 is 1. The average Bonchev–Trinajstić information content (AvgIpc) is 3.32. The Morgan fingerprint density at radius 3 is 2.75 bits per heavy atom. The third-order valence-corrected chi connectivity index (χ3v) is 5.80. The van der Waals surface area contributed by atoms with Crippen LogP contribution in [0.1, 0.15) is 23.0 Å². The number of rotatable bonds is 6. The number of anilines is 2. The fourth-order valence-electron chi connectivity index (χ4n) is 3.64. The Labute approximate surface area is 190 Å². The molecule has 10 nitrogen and oxygen atoms in total. The molecule has 1 atom stereocenters. The predicted molar refractivity (Wildman–Crippen MR) is 119 cm³/mol. The summed E-state index contributed by atoms with van der Waals surface area (Å²) in [7, 11) is 1.52. The fourth-order valence-corrected chi connectivity index (χ4v) is 3.90. The molecule has 2 aromatic rings. The van der Waals surface area contributed by atoms with Gasteiger partial charge in [0.05, 0.1) is 49.5 Å². The Morgan fingerprint density at radius 1 is 1.31 bits per heavy atom. The maximum atomic E-state index is 12.8. The number of hydrazone groups is 1. The Bertz CT molecular complexity index is 1070. The Balaban J connectivity index is 1.61. The molecule has 1 aromatic heterocycles. The maximum absolute atomic E-state index is 12.8. The van der Waals surface area contributed by atoms with E-state index in [0.717, 1.165) is 0 Å². The standard InChI is InChI=1S/C21H23ClN6O4/c1-13(29)21(11-24-25-12-21)18-15(22)10-23-20(27-18)26-16-4-3-14(9-17(16)31-2)19(30)28-5-7-32-8-6-28/h3-4,9-11,25H,5-8,12H2,1-2H3,(H,23,26,27). The Hall–Kier alpha value is -3.24. The fraction of sp³-hybridized carbons (Fsp3) is 0.381. The molecule has 32 heavy (non-hydrogen) atoms. The van der Waals surface area contributed by atoms with Crippen LogP contribution in [0.5, 0.6) is 5.75 Å². The van der Waals surface area contributed by atoms with Gasteiger partial charge < -0.3 is 25.1 Å². The molecule has 11 heteroatoms. The summed E-state index contributed by atoms with van der Waals surface area (Å²) in [4.78, 5) is 35.6. The lowest BCUT2D eigenvalue weighted by Gasteiger charge is -2.27. The number of Topliss-reactive ketones (excluding diaryl/α,β-unsaturated/α-hetero) is 1. The summed E-state index contributed by atoms with van der Waals surface area (Å²) in [6, 6.07) is 5.11. The van der Waals surface area contributed by atoms with E-state index in [-0.39, 0.29) is 29.2 Å². The molecule has 2 N–H and O–H groups in total. The van der Waals surface area contributed by atoms with Gasteiger partial charge in [-0.2, -0.15) is 5.10 Å². The van der Waals surface area contributed by atoms with Gasteiger partial charge in [0.25, 0.3) is 5.91 Å². The highest BCUT2D eigenvalue weighted by molar-refractivity contribution is 6.32. The normalized spacial score (nSPS) is 20.0. The summed E-state index contributed by atoms with van der Waals surface area (Å²) in [5.41, 5.74) is 3.17. The molecule has 1 saturated heterocycles. The zero-order chi connectivity index (χ0) is 22.7. The van der Waals surface area contributed by atoms with Crippen LogP contribution < -0.4 is 15.5 Å². The van der Waals surface area contributed by atoms with Gasteiger partial charge in [-0.25, -0.2) is 9.97 Å². The van der Waals surface area contributed by atoms with Crippen LogP contribution in [0, 0.1) is 0 Å². The Morgan fingerprint density at radius 2 is 2.09 bits per heavy atom. The quantitative estimate of drug-likeness (QED) is 0.672. The molecule has 1 amide bonds. The van der Waals surface area contributed by atoms with Crippen LogP contribution in [0.25, 0.3) is 0 Å². The van der Waals surface area contributed by atoms with E-state index < -0.39 is 5.41 Å². The molecule has 3 heterocycles. The molecule has 1 fully saturated rings. The summed E-state index contributed by atoms with van der Waals surface area (Å²) in [5.74, 6) is 0.464. The first-order chi connectivity index (χ1) is 15.4. The van der Waals surface area contributed by atoms with E-state index >= 15 is 0 Å². The van der Waals surface area contributed by atoms with Crippen molar-refractivity contribution in [3.05, 3.63) is 40.7 Å². The van der Waals surface area contributed by atoms with Crippen LogP contribution in [-0.2, 0) is 14.9 Å². The van der Waals surface area contributed by atoms with Gasteiger partial charge in [-0.15, -0.1) is 0 Å². The summed E-state index contributed by atoms with van der Waals surface area (Å²) < 4.78 is 10.8. The monoisotopic (exact) mass is 458 g/mol. The minimum Gasteiger partial charge on any atom is -0.495 e. The number of carbonyl (C=O) groups excluding carboxylic acids is 2. The SMILES string of the molecule is COc1cc(C(=O)N2CCOCC2)ccc1Nc1ncc(Cl)c(C2(C(C)=O)C=NNC2)n1. The van der Waals surface area contributed by atoms with E-state index in [1.807, 2.05) is 0 Å². The van der Waals surface area contributed by atoms with Crippen LogP contribution in [0.4, 0.5) is 11.6 Å². The first kappa shape index (κ1) is 22.0. The molecular formula is C21H23ClN6O4. The van der Waals surface area contributed by atoms with Crippen molar-refractivity contribution in [2.45, 2.75) is 12.3 Å². The number of carbonyl (C=O) groups is 2. The van der Waals surface area contributed by atoms with Gasteiger partial charge in [-0.1, -0.05) is 11.6 Å². The number of morpholine rings is 1. The highest BCUT2D eigenvalue weighted by Gasteiger charge is 2.42. The van der Waals surface area contributed by atoms with Crippen molar-refractivity contribution in [2.75, 3.05) is 45.3 Å². The molecule has 1 aromatic carbocycles. The van der Waals surface area contributed by atoms with Crippen molar-refractivity contribution < 1.29 is 19.1 Å². The number of ketones is 1. The lowest BCUT2D eigenvalue weighted by atomic mass is 9.82. The first-order valence-electron chi connectivity index (χ1n) is 10.1. The molecule has 0 saturated carbocycles.